The van der Waals surface area contributed by atoms with E-state index in [0.717, 1.165) is 17.7 Å². The average molecular weight is 220 g/mol. The van der Waals surface area contributed by atoms with Crippen molar-refractivity contribution < 1.29 is 0 Å². The van der Waals surface area contributed by atoms with Crippen LogP contribution in [0.1, 0.15) is 33.1 Å². The van der Waals surface area contributed by atoms with Crippen LogP contribution in [-0.2, 0) is 0 Å². The third kappa shape index (κ3) is 2.84. The Hall–Kier alpha value is -1.32. The average Bonchev–Trinajstić information content (AvgIpc) is 2.15. The lowest BCUT2D eigenvalue weighted by Crippen LogP contribution is -2.30. The van der Waals surface area contributed by atoms with Crippen molar-refractivity contribution in [2.45, 2.75) is 39.2 Å². The molecule has 1 aliphatic rings. The molecule has 1 aliphatic carbocycles. The van der Waals surface area contributed by atoms with Gasteiger partial charge in [-0.05, 0) is 37.2 Å². The molecule has 4 nitrogen and oxygen atoms in total. The Balaban J connectivity index is 1.98. The van der Waals surface area contributed by atoms with Gasteiger partial charge in [0.15, 0.2) is 0 Å². The minimum atomic E-state index is 0.335. The predicted octanol–water partition coefficient (Wildman–Crippen LogP) is 2.30. The number of nitrogens with two attached hydrogens (primary N) is 1. The molecule has 3 N–H and O–H groups in total. The van der Waals surface area contributed by atoms with Crippen LogP contribution in [0.4, 0.5) is 11.8 Å². The van der Waals surface area contributed by atoms with Gasteiger partial charge in [-0.3, -0.25) is 0 Å². The van der Waals surface area contributed by atoms with E-state index in [-0.39, 0.29) is 0 Å². The van der Waals surface area contributed by atoms with Crippen molar-refractivity contribution in [1.82, 2.24) is 9.97 Å². The largest absolute Gasteiger partial charge is 0.368 e. The van der Waals surface area contributed by atoms with Gasteiger partial charge < -0.3 is 11.1 Å². The van der Waals surface area contributed by atoms with Gasteiger partial charge in [0.2, 0.25) is 5.95 Å². The normalized spacial score (nSPS) is 30.0. The van der Waals surface area contributed by atoms with E-state index < -0.39 is 0 Å². The number of nitrogen functional groups attached to an aromatic ring is 1. The van der Waals surface area contributed by atoms with Crippen LogP contribution < -0.4 is 11.1 Å². The molecule has 2 atom stereocenters. The van der Waals surface area contributed by atoms with Gasteiger partial charge in [0.1, 0.15) is 5.82 Å². The van der Waals surface area contributed by atoms with Gasteiger partial charge >= 0.3 is 0 Å². The molecule has 2 unspecified atom stereocenters. The van der Waals surface area contributed by atoms with Gasteiger partial charge in [-0.15, -0.1) is 0 Å². The molecule has 0 radical (unpaired) electrons. The smallest absolute Gasteiger partial charge is 0.221 e. The first-order chi connectivity index (χ1) is 7.63. The van der Waals surface area contributed by atoms with Crippen molar-refractivity contribution >= 4 is 11.8 Å². The van der Waals surface area contributed by atoms with Crippen LogP contribution in [0, 0.1) is 11.8 Å². The van der Waals surface area contributed by atoms with E-state index in [1.165, 1.54) is 19.3 Å². The van der Waals surface area contributed by atoms with E-state index in [0.29, 0.717) is 12.0 Å². The summed E-state index contributed by atoms with van der Waals surface area (Å²) >= 11 is 0. The number of hydrogen-bond donors (Lipinski definition) is 2. The zero-order valence-electron chi connectivity index (χ0n) is 9.98. The minimum Gasteiger partial charge on any atom is -0.368 e. The van der Waals surface area contributed by atoms with E-state index in [1.807, 2.05) is 6.07 Å². The van der Waals surface area contributed by atoms with Crippen molar-refractivity contribution in [3.05, 3.63) is 12.3 Å². The topological polar surface area (TPSA) is 63.8 Å². The molecule has 2 rings (SSSR count). The number of rotatable bonds is 2. The second-order valence-electron chi connectivity index (χ2n) is 5.06. The molecule has 1 saturated carbocycles. The summed E-state index contributed by atoms with van der Waals surface area (Å²) in [5.74, 6) is 2.77. The SMILES string of the molecule is CC1CC(C)CC(Nc2ccnc(N)n2)C1. The summed E-state index contributed by atoms with van der Waals surface area (Å²) in [6.07, 6.45) is 5.47. The molecule has 0 bridgehead atoms. The van der Waals surface area contributed by atoms with Crippen LogP contribution in [0.25, 0.3) is 0 Å². The Morgan fingerprint density at radius 3 is 2.56 bits per heavy atom. The molecule has 1 aromatic heterocycles. The quantitative estimate of drug-likeness (QED) is 0.802. The zero-order valence-corrected chi connectivity index (χ0v) is 9.98. The number of nitrogens with zero attached hydrogens (tertiary/aromatic N) is 2. The van der Waals surface area contributed by atoms with Crippen molar-refractivity contribution in [3.63, 3.8) is 0 Å². The number of hydrogen-bond acceptors (Lipinski definition) is 4. The monoisotopic (exact) mass is 220 g/mol. The number of aromatic nitrogens is 2. The first-order valence-corrected chi connectivity index (χ1v) is 5.98. The highest BCUT2D eigenvalue weighted by Crippen LogP contribution is 2.30. The van der Waals surface area contributed by atoms with Crippen molar-refractivity contribution in [2.24, 2.45) is 11.8 Å². The lowest BCUT2D eigenvalue weighted by atomic mass is 9.80. The molecule has 0 aliphatic heterocycles. The van der Waals surface area contributed by atoms with Crippen LogP contribution >= 0.6 is 0 Å². The maximum atomic E-state index is 5.56. The molecule has 1 heterocycles. The maximum Gasteiger partial charge on any atom is 0.221 e. The molecule has 1 aromatic rings. The molecular formula is C12H20N4. The summed E-state index contributed by atoms with van der Waals surface area (Å²) in [4.78, 5) is 8.06. The van der Waals surface area contributed by atoms with Gasteiger partial charge in [0.25, 0.3) is 0 Å². The third-order valence-corrected chi connectivity index (χ3v) is 3.20. The molecule has 0 saturated heterocycles. The summed E-state index contributed by atoms with van der Waals surface area (Å²) in [7, 11) is 0. The zero-order chi connectivity index (χ0) is 11.5. The van der Waals surface area contributed by atoms with Gasteiger partial charge in [-0.2, -0.15) is 4.98 Å². The fourth-order valence-electron chi connectivity index (χ4n) is 2.73. The number of nitrogens with one attached hydrogen (secondary N) is 1. The lowest BCUT2D eigenvalue weighted by Gasteiger charge is -2.32. The fraction of sp³-hybridized carbons (Fsp3) is 0.667. The summed E-state index contributed by atoms with van der Waals surface area (Å²) in [5.41, 5.74) is 5.56. The number of anilines is 2. The molecule has 4 heteroatoms. The molecule has 0 spiro atoms. The van der Waals surface area contributed by atoms with Crippen LogP contribution in [0.5, 0.6) is 0 Å². The first-order valence-electron chi connectivity index (χ1n) is 5.98. The van der Waals surface area contributed by atoms with Gasteiger partial charge in [-0.25, -0.2) is 4.98 Å². The van der Waals surface area contributed by atoms with Gasteiger partial charge in [0.05, 0.1) is 0 Å². The van der Waals surface area contributed by atoms with Gasteiger partial charge in [0, 0.05) is 12.2 Å². The first kappa shape index (κ1) is 11.2. The summed E-state index contributed by atoms with van der Waals surface area (Å²) < 4.78 is 0. The Morgan fingerprint density at radius 2 is 1.94 bits per heavy atom. The Labute approximate surface area is 96.7 Å². The molecule has 16 heavy (non-hydrogen) atoms. The summed E-state index contributed by atoms with van der Waals surface area (Å²) in [6, 6.07) is 2.40. The molecule has 0 amide bonds. The second-order valence-corrected chi connectivity index (χ2v) is 5.06. The molecule has 1 fully saturated rings. The van der Waals surface area contributed by atoms with Crippen LogP contribution in [0.3, 0.4) is 0 Å². The van der Waals surface area contributed by atoms with E-state index in [2.05, 4.69) is 29.1 Å². The molecule has 0 aromatic carbocycles. The Kier molecular flexibility index (Phi) is 3.27. The minimum absolute atomic E-state index is 0.335. The molecular weight excluding hydrogens is 200 g/mol. The highest BCUT2D eigenvalue weighted by molar-refractivity contribution is 5.38. The standard InChI is InChI=1S/C12H20N4/c1-8-5-9(2)7-10(6-8)15-11-3-4-14-12(13)16-11/h3-4,8-10H,5-7H2,1-2H3,(H3,13,14,15,16). The van der Waals surface area contributed by atoms with E-state index in [9.17, 15) is 0 Å². The highest BCUT2D eigenvalue weighted by atomic mass is 15.1. The Morgan fingerprint density at radius 1 is 1.25 bits per heavy atom. The van der Waals surface area contributed by atoms with Crippen LogP contribution in [0.2, 0.25) is 0 Å². The summed E-state index contributed by atoms with van der Waals surface area (Å²) in [5, 5.41) is 3.45. The van der Waals surface area contributed by atoms with Crippen molar-refractivity contribution in [3.8, 4) is 0 Å². The van der Waals surface area contributed by atoms with Crippen LogP contribution in [-0.4, -0.2) is 16.0 Å². The highest BCUT2D eigenvalue weighted by Gasteiger charge is 2.23. The summed E-state index contributed by atoms with van der Waals surface area (Å²) in [6.45, 7) is 4.64. The maximum absolute atomic E-state index is 5.56. The van der Waals surface area contributed by atoms with E-state index in [1.54, 1.807) is 6.20 Å². The second kappa shape index (κ2) is 4.68. The third-order valence-electron chi connectivity index (χ3n) is 3.20. The van der Waals surface area contributed by atoms with E-state index in [4.69, 9.17) is 5.73 Å². The fourth-order valence-corrected chi connectivity index (χ4v) is 2.73. The Bertz CT molecular complexity index is 343. The van der Waals surface area contributed by atoms with E-state index >= 15 is 0 Å². The van der Waals surface area contributed by atoms with Crippen LogP contribution in [0.15, 0.2) is 12.3 Å². The lowest BCUT2D eigenvalue weighted by molar-refractivity contribution is 0.280. The molecule has 88 valence electrons. The predicted molar refractivity (Wildman–Crippen MR) is 66.0 cm³/mol. The van der Waals surface area contributed by atoms with Gasteiger partial charge in [-0.1, -0.05) is 13.8 Å². The van der Waals surface area contributed by atoms with Crippen molar-refractivity contribution in [2.75, 3.05) is 11.1 Å². The van der Waals surface area contributed by atoms with Crippen molar-refractivity contribution in [1.29, 1.82) is 0 Å².